The number of ether oxygens (including phenoxy) is 2. The first-order valence-electron chi connectivity index (χ1n) is 7.66. The average Bonchev–Trinajstić information content (AvgIpc) is 2.65. The molecule has 0 radical (unpaired) electrons. The third-order valence-corrected chi connectivity index (χ3v) is 4.09. The van der Waals surface area contributed by atoms with Gasteiger partial charge < -0.3 is 9.47 Å². The van der Waals surface area contributed by atoms with Gasteiger partial charge in [-0.05, 0) is 41.1 Å². The van der Waals surface area contributed by atoms with Crippen LogP contribution < -0.4 is 9.47 Å². The molecule has 4 nitrogen and oxygen atoms in total. The highest BCUT2D eigenvalue weighted by Gasteiger charge is 2.09. The summed E-state index contributed by atoms with van der Waals surface area (Å²) in [7, 11) is 3.25. The van der Waals surface area contributed by atoms with Crippen LogP contribution in [0.3, 0.4) is 0 Å². The van der Waals surface area contributed by atoms with Crippen LogP contribution in [-0.4, -0.2) is 24.2 Å². The molecule has 0 aliphatic heterocycles. The number of aromatic nitrogens is 2. The van der Waals surface area contributed by atoms with E-state index >= 15 is 0 Å². The molecule has 1 heterocycles. The molecule has 4 heteroatoms. The number of nitrogens with zero attached hydrogens (tertiary/aromatic N) is 2. The molecule has 24 heavy (non-hydrogen) atoms. The van der Waals surface area contributed by atoms with Crippen LogP contribution in [0.15, 0.2) is 60.8 Å². The molecule has 4 aromatic rings. The van der Waals surface area contributed by atoms with E-state index in [1.165, 1.54) is 0 Å². The van der Waals surface area contributed by atoms with E-state index in [1.54, 1.807) is 20.4 Å². The quantitative estimate of drug-likeness (QED) is 0.523. The Morgan fingerprint density at radius 3 is 2.17 bits per heavy atom. The van der Waals surface area contributed by atoms with Crippen molar-refractivity contribution in [2.24, 2.45) is 0 Å². The fraction of sp³-hybridized carbons (Fsp3) is 0.100. The predicted molar refractivity (Wildman–Crippen MR) is 95.6 cm³/mol. The molecule has 0 unspecified atom stereocenters. The number of fused-ring (bicyclic) bond motifs is 2. The Labute approximate surface area is 139 Å². The SMILES string of the molecule is COc1ccc(-c2cnc3cc4ccccc4cc3n2)cc1OC. The minimum Gasteiger partial charge on any atom is -0.493 e. The minimum absolute atomic E-state index is 0.676. The van der Waals surface area contributed by atoms with E-state index < -0.39 is 0 Å². The number of hydrogen-bond donors (Lipinski definition) is 0. The van der Waals surface area contributed by atoms with Crippen LogP contribution in [0, 0.1) is 0 Å². The van der Waals surface area contributed by atoms with Crippen LogP contribution in [0.5, 0.6) is 11.5 Å². The maximum atomic E-state index is 5.37. The summed E-state index contributed by atoms with van der Waals surface area (Å²) in [5.41, 5.74) is 3.51. The Kier molecular flexibility index (Phi) is 3.50. The maximum absolute atomic E-state index is 5.37. The summed E-state index contributed by atoms with van der Waals surface area (Å²) >= 11 is 0. The van der Waals surface area contributed by atoms with Crippen molar-refractivity contribution in [3.8, 4) is 22.8 Å². The van der Waals surface area contributed by atoms with Crippen LogP contribution in [0.25, 0.3) is 33.1 Å². The zero-order valence-corrected chi connectivity index (χ0v) is 13.5. The van der Waals surface area contributed by atoms with Crippen LogP contribution in [0.1, 0.15) is 0 Å². The largest absolute Gasteiger partial charge is 0.493 e. The Morgan fingerprint density at radius 2 is 1.46 bits per heavy atom. The van der Waals surface area contributed by atoms with Gasteiger partial charge in [-0.25, -0.2) is 4.98 Å². The normalized spacial score (nSPS) is 10.9. The molecule has 4 rings (SSSR count). The molecule has 0 amide bonds. The number of rotatable bonds is 3. The Balaban J connectivity index is 1.86. The van der Waals surface area contributed by atoms with Gasteiger partial charge in [-0.1, -0.05) is 24.3 Å². The van der Waals surface area contributed by atoms with E-state index in [0.29, 0.717) is 11.5 Å². The Hall–Kier alpha value is -3.14. The van der Waals surface area contributed by atoms with Gasteiger partial charge >= 0.3 is 0 Å². The molecule has 0 fully saturated rings. The predicted octanol–water partition coefficient (Wildman–Crippen LogP) is 4.47. The lowest BCUT2D eigenvalue weighted by Gasteiger charge is -2.09. The first-order chi connectivity index (χ1) is 11.8. The Bertz CT molecular complexity index is 1040. The molecule has 0 bridgehead atoms. The molecule has 1 aromatic heterocycles. The van der Waals surface area contributed by atoms with Gasteiger partial charge in [-0.15, -0.1) is 0 Å². The smallest absolute Gasteiger partial charge is 0.161 e. The van der Waals surface area contributed by atoms with Crippen molar-refractivity contribution in [2.75, 3.05) is 14.2 Å². The van der Waals surface area contributed by atoms with Crippen molar-refractivity contribution in [1.82, 2.24) is 9.97 Å². The lowest BCUT2D eigenvalue weighted by atomic mass is 10.1. The summed E-state index contributed by atoms with van der Waals surface area (Å²) in [6, 6.07) is 18.1. The first-order valence-corrected chi connectivity index (χ1v) is 7.66. The van der Waals surface area contributed by atoms with Crippen molar-refractivity contribution < 1.29 is 9.47 Å². The van der Waals surface area contributed by atoms with Crippen molar-refractivity contribution in [1.29, 1.82) is 0 Å². The second kappa shape index (κ2) is 5.81. The molecule has 0 aliphatic carbocycles. The van der Waals surface area contributed by atoms with Gasteiger partial charge in [-0.2, -0.15) is 0 Å². The van der Waals surface area contributed by atoms with Crippen molar-refractivity contribution in [3.63, 3.8) is 0 Å². The molecule has 3 aromatic carbocycles. The van der Waals surface area contributed by atoms with Gasteiger partial charge in [0.1, 0.15) is 0 Å². The van der Waals surface area contributed by atoms with E-state index in [2.05, 4.69) is 29.2 Å². The first kappa shape index (κ1) is 14.5. The molecular weight excluding hydrogens is 300 g/mol. The third-order valence-electron chi connectivity index (χ3n) is 4.09. The summed E-state index contributed by atoms with van der Waals surface area (Å²) in [5.74, 6) is 1.37. The number of benzene rings is 3. The highest BCUT2D eigenvalue weighted by atomic mass is 16.5. The average molecular weight is 316 g/mol. The highest BCUT2D eigenvalue weighted by molar-refractivity contribution is 5.95. The third kappa shape index (κ3) is 2.42. The fourth-order valence-corrected chi connectivity index (χ4v) is 2.83. The summed E-state index contributed by atoms with van der Waals surface area (Å²) in [6.07, 6.45) is 1.79. The molecule has 0 atom stereocenters. The maximum Gasteiger partial charge on any atom is 0.161 e. The summed E-state index contributed by atoms with van der Waals surface area (Å²) in [5, 5.41) is 2.32. The van der Waals surface area contributed by atoms with E-state index in [-0.39, 0.29) is 0 Å². The van der Waals surface area contributed by atoms with Gasteiger partial charge in [0.25, 0.3) is 0 Å². The summed E-state index contributed by atoms with van der Waals surface area (Å²) < 4.78 is 10.7. The standard InChI is InChI=1S/C20H16N2O2/c1-23-19-8-7-15(11-20(19)24-2)18-12-21-16-9-13-5-3-4-6-14(13)10-17(16)22-18/h3-12H,1-2H3. The van der Waals surface area contributed by atoms with Crippen molar-refractivity contribution in [3.05, 3.63) is 60.8 Å². The van der Waals surface area contributed by atoms with Crippen LogP contribution in [0.4, 0.5) is 0 Å². The van der Waals surface area contributed by atoms with Gasteiger partial charge in [0.15, 0.2) is 11.5 Å². The topological polar surface area (TPSA) is 44.2 Å². The van der Waals surface area contributed by atoms with Gasteiger partial charge in [0.2, 0.25) is 0 Å². The number of methoxy groups -OCH3 is 2. The zero-order chi connectivity index (χ0) is 16.5. The Morgan fingerprint density at radius 1 is 0.750 bits per heavy atom. The van der Waals surface area contributed by atoms with E-state index in [4.69, 9.17) is 14.5 Å². The van der Waals surface area contributed by atoms with Crippen molar-refractivity contribution >= 4 is 21.8 Å². The minimum atomic E-state index is 0.676. The van der Waals surface area contributed by atoms with Crippen LogP contribution >= 0.6 is 0 Å². The molecule has 0 N–H and O–H groups in total. The van der Waals surface area contributed by atoms with Crippen molar-refractivity contribution in [2.45, 2.75) is 0 Å². The molecular formula is C20H16N2O2. The monoisotopic (exact) mass is 316 g/mol. The van der Waals surface area contributed by atoms with Gasteiger partial charge in [0, 0.05) is 5.56 Å². The zero-order valence-electron chi connectivity index (χ0n) is 13.5. The second-order valence-electron chi connectivity index (χ2n) is 5.51. The lowest BCUT2D eigenvalue weighted by molar-refractivity contribution is 0.355. The summed E-state index contributed by atoms with van der Waals surface area (Å²) in [6.45, 7) is 0. The second-order valence-corrected chi connectivity index (χ2v) is 5.51. The molecule has 118 valence electrons. The summed E-state index contributed by atoms with van der Waals surface area (Å²) in [4.78, 5) is 9.34. The van der Waals surface area contributed by atoms with Crippen LogP contribution in [0.2, 0.25) is 0 Å². The van der Waals surface area contributed by atoms with E-state index in [0.717, 1.165) is 33.1 Å². The van der Waals surface area contributed by atoms with Gasteiger partial charge in [0.05, 0.1) is 37.1 Å². The van der Waals surface area contributed by atoms with Crippen LogP contribution in [-0.2, 0) is 0 Å². The highest BCUT2D eigenvalue weighted by Crippen LogP contribution is 2.32. The fourth-order valence-electron chi connectivity index (χ4n) is 2.83. The molecule has 0 aliphatic rings. The molecule has 0 spiro atoms. The molecule has 0 saturated heterocycles. The van der Waals surface area contributed by atoms with Gasteiger partial charge in [-0.3, -0.25) is 4.98 Å². The van der Waals surface area contributed by atoms with E-state index in [9.17, 15) is 0 Å². The lowest BCUT2D eigenvalue weighted by Crippen LogP contribution is -1.93. The van der Waals surface area contributed by atoms with E-state index in [1.807, 2.05) is 30.3 Å². The molecule has 0 saturated carbocycles. The number of hydrogen-bond acceptors (Lipinski definition) is 4.